The molecule has 0 spiro atoms. The highest BCUT2D eigenvalue weighted by Gasteiger charge is 2.16. The van der Waals surface area contributed by atoms with E-state index < -0.39 is 0 Å². The fourth-order valence-electron chi connectivity index (χ4n) is 2.29. The minimum atomic E-state index is 0.631. The quantitative estimate of drug-likeness (QED) is 0.714. The number of hydrogen-bond donors (Lipinski definition) is 0. The second-order valence-electron chi connectivity index (χ2n) is 4.55. The monoisotopic (exact) mass is 329 g/mol. The summed E-state index contributed by atoms with van der Waals surface area (Å²) in [5.74, 6) is 0. The molecule has 0 unspecified atom stereocenters. The molecule has 0 aromatic heterocycles. The molecule has 3 heteroatoms. The zero-order valence-corrected chi connectivity index (χ0v) is 12.7. The van der Waals surface area contributed by atoms with Crippen molar-refractivity contribution >= 4 is 38.7 Å². The van der Waals surface area contributed by atoms with Crippen molar-refractivity contribution in [1.82, 2.24) is 0 Å². The second kappa shape index (κ2) is 5.35. The van der Waals surface area contributed by atoms with Crippen LogP contribution in [0.5, 0.6) is 0 Å². The summed E-state index contributed by atoms with van der Waals surface area (Å²) in [6.45, 7) is 0.631. The second-order valence-corrected chi connectivity index (χ2v) is 6.04. The number of benzene rings is 2. The topological polar surface area (TPSA) is 12.4 Å². The molecule has 1 aliphatic rings. The Labute approximate surface area is 126 Å². The molecule has 0 atom stereocenters. The van der Waals surface area contributed by atoms with Crippen molar-refractivity contribution in [3.63, 3.8) is 0 Å². The van der Waals surface area contributed by atoms with Gasteiger partial charge in [-0.2, -0.15) is 0 Å². The number of hydrogen-bond acceptors (Lipinski definition) is 2. The molecule has 94 valence electrons. The smallest absolute Gasteiger partial charge is 0.0726 e. The lowest BCUT2D eigenvalue weighted by Crippen LogP contribution is -2.05. The minimum absolute atomic E-state index is 0.631. The molecule has 0 bridgehead atoms. The highest BCUT2D eigenvalue weighted by Crippen LogP contribution is 2.23. The Balaban J connectivity index is 2.20. The third kappa shape index (κ3) is 2.67. The molecule has 1 nitrogen and oxygen atoms in total. The first-order chi connectivity index (χ1) is 9.24. The van der Waals surface area contributed by atoms with Crippen LogP contribution in [0.4, 0.5) is 0 Å². The first kappa shape index (κ1) is 12.7. The van der Waals surface area contributed by atoms with Crippen molar-refractivity contribution < 1.29 is 0 Å². The maximum Gasteiger partial charge on any atom is 0.0726 e. The van der Waals surface area contributed by atoms with Gasteiger partial charge in [-0.15, -0.1) is 0 Å². The molecule has 0 saturated carbocycles. The summed E-state index contributed by atoms with van der Waals surface area (Å²) in [6, 6.07) is 16.6. The van der Waals surface area contributed by atoms with Crippen molar-refractivity contribution in [3.8, 4) is 0 Å². The molecule has 3 rings (SSSR count). The van der Waals surface area contributed by atoms with Crippen LogP contribution in [0.25, 0.3) is 0 Å². The molecule has 2 aromatic rings. The summed E-state index contributed by atoms with van der Waals surface area (Å²) < 4.78 is 1.07. The van der Waals surface area contributed by atoms with Crippen LogP contribution in [-0.4, -0.2) is 17.1 Å². The fraction of sp³-hybridized carbons (Fsp3) is 0.125. The summed E-state index contributed by atoms with van der Waals surface area (Å²) in [4.78, 5) is 5.71. The Kier molecular flexibility index (Phi) is 3.58. The highest BCUT2D eigenvalue weighted by atomic mass is 79.9. The van der Waals surface area contributed by atoms with Gasteiger partial charge in [0.25, 0.3) is 0 Å². The molecular formula is C16H12BrNS. The van der Waals surface area contributed by atoms with E-state index >= 15 is 0 Å². The molecule has 0 fully saturated rings. The van der Waals surface area contributed by atoms with Crippen LogP contribution in [0.15, 0.2) is 58.0 Å². The van der Waals surface area contributed by atoms with E-state index in [1.54, 1.807) is 0 Å². The lowest BCUT2D eigenvalue weighted by Gasteiger charge is -2.10. The van der Waals surface area contributed by atoms with Gasteiger partial charge in [-0.05, 0) is 17.7 Å². The van der Waals surface area contributed by atoms with Crippen LogP contribution >= 0.6 is 28.1 Å². The van der Waals surface area contributed by atoms with Gasteiger partial charge < -0.3 is 0 Å². The summed E-state index contributed by atoms with van der Waals surface area (Å²) in [6.07, 6.45) is 0.831. The number of rotatable bonds is 1. The van der Waals surface area contributed by atoms with Gasteiger partial charge in [0.2, 0.25) is 0 Å². The maximum atomic E-state index is 5.39. The Morgan fingerprint density at radius 1 is 1.05 bits per heavy atom. The molecule has 0 N–H and O–H groups in total. The van der Waals surface area contributed by atoms with Crippen molar-refractivity contribution in [2.75, 3.05) is 6.54 Å². The number of aliphatic imine (C=N–C) groups is 1. The van der Waals surface area contributed by atoms with Gasteiger partial charge in [-0.1, -0.05) is 64.5 Å². The van der Waals surface area contributed by atoms with Crippen molar-refractivity contribution in [2.45, 2.75) is 6.42 Å². The molecular weight excluding hydrogens is 318 g/mol. The van der Waals surface area contributed by atoms with Gasteiger partial charge in [-0.3, -0.25) is 4.99 Å². The number of halogens is 1. The largest absolute Gasteiger partial charge is 0.279 e. The molecule has 2 aromatic carbocycles. The third-order valence-corrected chi connectivity index (χ3v) is 3.94. The van der Waals surface area contributed by atoms with E-state index in [9.17, 15) is 0 Å². The van der Waals surface area contributed by atoms with Crippen LogP contribution in [0.3, 0.4) is 0 Å². The van der Waals surface area contributed by atoms with Gasteiger partial charge in [0.05, 0.1) is 12.3 Å². The lowest BCUT2D eigenvalue weighted by atomic mass is 9.96. The Morgan fingerprint density at radius 2 is 1.84 bits per heavy atom. The van der Waals surface area contributed by atoms with Crippen LogP contribution < -0.4 is 0 Å². The standard InChI is InChI=1S/C16H12BrNS/c17-13-7-6-12-8-14(19)10-18-16(15(12)9-13)11-4-2-1-3-5-11/h1-7,9H,8,10H2. The number of thiocarbonyl (C=S) groups is 1. The molecule has 0 saturated heterocycles. The molecule has 0 aliphatic carbocycles. The Hall–Kier alpha value is -1.32. The summed E-state index contributed by atoms with van der Waals surface area (Å²) in [7, 11) is 0. The lowest BCUT2D eigenvalue weighted by molar-refractivity contribution is 1.27. The van der Waals surface area contributed by atoms with Gasteiger partial charge in [0, 0.05) is 26.9 Å². The molecule has 1 aliphatic heterocycles. The van der Waals surface area contributed by atoms with E-state index in [0.29, 0.717) is 6.54 Å². The Morgan fingerprint density at radius 3 is 2.63 bits per heavy atom. The zero-order valence-electron chi connectivity index (χ0n) is 10.3. The average molecular weight is 330 g/mol. The first-order valence-corrected chi connectivity index (χ1v) is 7.34. The molecule has 1 heterocycles. The summed E-state index contributed by atoms with van der Waals surface area (Å²) in [5.41, 5.74) is 4.62. The van der Waals surface area contributed by atoms with Gasteiger partial charge in [-0.25, -0.2) is 0 Å². The maximum absolute atomic E-state index is 5.39. The van der Waals surface area contributed by atoms with Gasteiger partial charge >= 0.3 is 0 Å². The van der Waals surface area contributed by atoms with E-state index in [0.717, 1.165) is 27.0 Å². The summed E-state index contributed by atoms with van der Waals surface area (Å²) >= 11 is 8.93. The first-order valence-electron chi connectivity index (χ1n) is 6.14. The summed E-state index contributed by atoms with van der Waals surface area (Å²) in [5, 5.41) is 0. The fourth-order valence-corrected chi connectivity index (χ4v) is 2.87. The van der Waals surface area contributed by atoms with Gasteiger partial charge in [0.1, 0.15) is 0 Å². The SMILES string of the molecule is S=C1CN=C(c2ccccc2)c2cc(Br)ccc2C1. The third-order valence-electron chi connectivity index (χ3n) is 3.18. The Bertz CT molecular complexity index is 662. The van der Waals surface area contributed by atoms with E-state index in [2.05, 4.69) is 46.3 Å². The van der Waals surface area contributed by atoms with E-state index in [-0.39, 0.29) is 0 Å². The molecule has 0 amide bonds. The van der Waals surface area contributed by atoms with Gasteiger partial charge in [0.15, 0.2) is 0 Å². The number of fused-ring (bicyclic) bond motifs is 1. The zero-order chi connectivity index (χ0) is 13.2. The molecule has 0 radical (unpaired) electrons. The van der Waals surface area contributed by atoms with E-state index in [1.165, 1.54) is 11.1 Å². The van der Waals surface area contributed by atoms with Crippen molar-refractivity contribution in [2.24, 2.45) is 4.99 Å². The number of nitrogens with zero attached hydrogens (tertiary/aromatic N) is 1. The minimum Gasteiger partial charge on any atom is -0.279 e. The van der Waals surface area contributed by atoms with E-state index in [4.69, 9.17) is 17.2 Å². The van der Waals surface area contributed by atoms with Crippen LogP contribution in [-0.2, 0) is 6.42 Å². The van der Waals surface area contributed by atoms with E-state index in [1.807, 2.05) is 18.2 Å². The molecule has 19 heavy (non-hydrogen) atoms. The van der Waals surface area contributed by atoms with Crippen LogP contribution in [0.2, 0.25) is 0 Å². The predicted octanol–water partition coefficient (Wildman–Crippen LogP) is 4.21. The normalized spacial score (nSPS) is 14.6. The van der Waals surface area contributed by atoms with Crippen LogP contribution in [0.1, 0.15) is 16.7 Å². The van der Waals surface area contributed by atoms with Crippen LogP contribution in [0, 0.1) is 0 Å². The van der Waals surface area contributed by atoms with Crippen molar-refractivity contribution in [1.29, 1.82) is 0 Å². The average Bonchev–Trinajstić information content (AvgIpc) is 2.58. The van der Waals surface area contributed by atoms with Crippen molar-refractivity contribution in [3.05, 3.63) is 69.7 Å². The predicted molar refractivity (Wildman–Crippen MR) is 87.4 cm³/mol. The highest BCUT2D eigenvalue weighted by molar-refractivity contribution is 9.10.